The van der Waals surface area contributed by atoms with Crippen molar-refractivity contribution in [3.05, 3.63) is 57.3 Å². The SMILES string of the molecule is C[C@H](Oc1ccc(Cl)cc1Cl)C(=O)N1CCN(c2c(F)c(F)c(F)c(F)c2F)CC1. The van der Waals surface area contributed by atoms with Crippen LogP contribution in [0.3, 0.4) is 0 Å². The van der Waals surface area contributed by atoms with E-state index in [2.05, 4.69) is 0 Å². The number of carbonyl (C=O) groups is 1. The van der Waals surface area contributed by atoms with Gasteiger partial charge in [-0.1, -0.05) is 23.2 Å². The molecular weight excluding hydrogens is 454 g/mol. The second-order valence-corrected chi connectivity index (χ2v) is 7.41. The molecule has 1 heterocycles. The van der Waals surface area contributed by atoms with E-state index in [1.54, 1.807) is 6.07 Å². The van der Waals surface area contributed by atoms with Crippen LogP contribution < -0.4 is 9.64 Å². The lowest BCUT2D eigenvalue weighted by atomic mass is 10.2. The van der Waals surface area contributed by atoms with Crippen LogP contribution in [0.25, 0.3) is 0 Å². The van der Waals surface area contributed by atoms with Gasteiger partial charge in [0.15, 0.2) is 29.4 Å². The zero-order valence-electron chi connectivity index (χ0n) is 15.5. The molecule has 1 atom stereocenters. The van der Waals surface area contributed by atoms with Gasteiger partial charge in [0.1, 0.15) is 11.4 Å². The van der Waals surface area contributed by atoms with Crippen molar-refractivity contribution in [2.24, 2.45) is 0 Å². The van der Waals surface area contributed by atoms with Crippen molar-refractivity contribution in [2.75, 3.05) is 31.1 Å². The van der Waals surface area contributed by atoms with Gasteiger partial charge in [-0.3, -0.25) is 4.79 Å². The first kappa shape index (κ1) is 22.4. The molecule has 1 aliphatic rings. The average molecular weight is 469 g/mol. The van der Waals surface area contributed by atoms with Crippen molar-refractivity contribution in [1.82, 2.24) is 4.90 Å². The number of carbonyl (C=O) groups excluding carboxylic acids is 1. The van der Waals surface area contributed by atoms with Gasteiger partial charge in [-0.15, -0.1) is 0 Å². The van der Waals surface area contributed by atoms with Gasteiger partial charge in [0.25, 0.3) is 5.91 Å². The van der Waals surface area contributed by atoms with Gasteiger partial charge in [-0.2, -0.15) is 0 Å². The third-order valence-electron chi connectivity index (χ3n) is 4.64. The highest BCUT2D eigenvalue weighted by atomic mass is 35.5. The monoisotopic (exact) mass is 468 g/mol. The molecule has 1 saturated heterocycles. The molecule has 0 N–H and O–H groups in total. The number of benzene rings is 2. The fraction of sp³-hybridized carbons (Fsp3) is 0.316. The molecule has 1 fully saturated rings. The van der Waals surface area contributed by atoms with Crippen molar-refractivity contribution in [3.8, 4) is 5.75 Å². The molecule has 1 amide bonds. The maximum absolute atomic E-state index is 14.0. The molecule has 0 spiro atoms. The van der Waals surface area contributed by atoms with Crippen LogP contribution in [0.1, 0.15) is 6.92 Å². The Bertz CT molecular complexity index is 955. The van der Waals surface area contributed by atoms with E-state index in [-0.39, 0.29) is 37.0 Å². The van der Waals surface area contributed by atoms with Crippen molar-refractivity contribution in [1.29, 1.82) is 0 Å². The number of anilines is 1. The Morgan fingerprint density at radius 3 is 2.00 bits per heavy atom. The van der Waals surface area contributed by atoms with Crippen LogP contribution in [-0.4, -0.2) is 43.1 Å². The first-order valence-electron chi connectivity index (χ1n) is 8.78. The minimum absolute atomic E-state index is 0.000375. The van der Waals surface area contributed by atoms with Crippen LogP contribution in [0.15, 0.2) is 18.2 Å². The molecule has 2 aromatic carbocycles. The van der Waals surface area contributed by atoms with Crippen molar-refractivity contribution >= 4 is 34.8 Å². The van der Waals surface area contributed by atoms with Gasteiger partial charge in [0.2, 0.25) is 5.82 Å². The number of amides is 1. The highest BCUT2D eigenvalue weighted by Gasteiger charge is 2.32. The third-order valence-corrected chi connectivity index (χ3v) is 5.17. The minimum atomic E-state index is -2.21. The molecular formula is C19H15Cl2F5N2O2. The predicted molar refractivity (Wildman–Crippen MR) is 102 cm³/mol. The zero-order chi connectivity index (χ0) is 22.2. The lowest BCUT2D eigenvalue weighted by Gasteiger charge is -2.37. The Hall–Kier alpha value is -2.26. The fourth-order valence-electron chi connectivity index (χ4n) is 3.09. The minimum Gasteiger partial charge on any atom is -0.479 e. The molecule has 0 unspecified atom stereocenters. The molecule has 0 radical (unpaired) electrons. The lowest BCUT2D eigenvalue weighted by molar-refractivity contribution is -0.138. The number of halogens is 7. The molecule has 1 aliphatic heterocycles. The molecule has 30 heavy (non-hydrogen) atoms. The Kier molecular flexibility index (Phi) is 6.62. The summed E-state index contributed by atoms with van der Waals surface area (Å²) < 4.78 is 73.7. The zero-order valence-corrected chi connectivity index (χ0v) is 17.0. The summed E-state index contributed by atoms with van der Waals surface area (Å²) in [6.45, 7) is 1.25. The molecule has 11 heteroatoms. The topological polar surface area (TPSA) is 32.8 Å². The molecule has 162 valence electrons. The quantitative estimate of drug-likeness (QED) is 0.367. The smallest absolute Gasteiger partial charge is 0.263 e. The van der Waals surface area contributed by atoms with Crippen LogP contribution in [0.4, 0.5) is 27.6 Å². The molecule has 0 saturated carbocycles. The molecule has 0 aliphatic carbocycles. The van der Waals surface area contributed by atoms with Gasteiger partial charge in [0, 0.05) is 31.2 Å². The average Bonchev–Trinajstić information content (AvgIpc) is 2.73. The number of hydrogen-bond donors (Lipinski definition) is 0. The summed E-state index contributed by atoms with van der Waals surface area (Å²) in [5.74, 6) is -10.2. The highest BCUT2D eigenvalue weighted by molar-refractivity contribution is 6.35. The van der Waals surface area contributed by atoms with Crippen molar-refractivity contribution in [3.63, 3.8) is 0 Å². The first-order valence-corrected chi connectivity index (χ1v) is 9.54. The van der Waals surface area contributed by atoms with Crippen LogP contribution in [0, 0.1) is 29.1 Å². The highest BCUT2D eigenvalue weighted by Crippen LogP contribution is 2.31. The van der Waals surface area contributed by atoms with E-state index in [1.165, 1.54) is 24.0 Å². The normalized spacial score (nSPS) is 15.3. The van der Waals surface area contributed by atoms with Crippen LogP contribution in [0.2, 0.25) is 10.0 Å². The number of piperazine rings is 1. The van der Waals surface area contributed by atoms with Crippen LogP contribution in [-0.2, 0) is 4.79 Å². The summed E-state index contributed by atoms with van der Waals surface area (Å²) in [6.07, 6.45) is -0.926. The van der Waals surface area contributed by atoms with Gasteiger partial charge in [-0.25, -0.2) is 22.0 Å². The molecule has 2 aromatic rings. The largest absolute Gasteiger partial charge is 0.479 e. The van der Waals surface area contributed by atoms with E-state index in [0.29, 0.717) is 5.02 Å². The lowest BCUT2D eigenvalue weighted by Crippen LogP contribution is -2.52. The maximum atomic E-state index is 14.0. The molecule has 3 rings (SSSR count). The number of rotatable bonds is 4. The fourth-order valence-corrected chi connectivity index (χ4v) is 3.54. The van der Waals surface area contributed by atoms with Gasteiger partial charge >= 0.3 is 0 Å². The van der Waals surface area contributed by atoms with E-state index < -0.39 is 46.8 Å². The predicted octanol–water partition coefficient (Wildman–Crippen LogP) is 4.81. The van der Waals surface area contributed by atoms with E-state index in [0.717, 1.165) is 4.90 Å². The molecule has 0 aromatic heterocycles. The van der Waals surface area contributed by atoms with Crippen LogP contribution in [0.5, 0.6) is 5.75 Å². The maximum Gasteiger partial charge on any atom is 0.263 e. The van der Waals surface area contributed by atoms with Gasteiger partial charge in [-0.05, 0) is 25.1 Å². The van der Waals surface area contributed by atoms with E-state index in [4.69, 9.17) is 27.9 Å². The third kappa shape index (κ3) is 4.27. The summed E-state index contributed by atoms with van der Waals surface area (Å²) >= 11 is 11.8. The summed E-state index contributed by atoms with van der Waals surface area (Å²) in [6, 6.07) is 4.51. The number of nitrogens with zero attached hydrogens (tertiary/aromatic N) is 2. The summed E-state index contributed by atoms with van der Waals surface area (Å²) in [5, 5.41) is 0.619. The van der Waals surface area contributed by atoms with E-state index in [1.807, 2.05) is 0 Å². The number of hydrogen-bond acceptors (Lipinski definition) is 3. The van der Waals surface area contributed by atoms with Gasteiger partial charge in [0.05, 0.1) is 5.02 Å². The number of ether oxygens (including phenoxy) is 1. The Morgan fingerprint density at radius 2 is 1.47 bits per heavy atom. The first-order chi connectivity index (χ1) is 14.1. The van der Waals surface area contributed by atoms with E-state index >= 15 is 0 Å². The van der Waals surface area contributed by atoms with Crippen LogP contribution >= 0.6 is 23.2 Å². The second-order valence-electron chi connectivity index (χ2n) is 6.57. The summed E-state index contributed by atoms with van der Waals surface area (Å²) in [4.78, 5) is 15.0. The molecule has 0 bridgehead atoms. The standard InChI is InChI=1S/C19H15Cl2F5N2O2/c1-9(30-12-3-2-10(20)8-11(12)21)19(29)28-6-4-27(5-7-28)18-16(25)14(23)13(22)15(24)17(18)26/h2-3,8-9H,4-7H2,1H3/t9-/m0/s1. The Labute approximate surface area is 178 Å². The second kappa shape index (κ2) is 8.85. The van der Waals surface area contributed by atoms with E-state index in [9.17, 15) is 26.7 Å². The Balaban J connectivity index is 1.68. The Morgan fingerprint density at radius 1 is 0.933 bits per heavy atom. The van der Waals surface area contributed by atoms with Gasteiger partial charge < -0.3 is 14.5 Å². The summed E-state index contributed by atoms with van der Waals surface area (Å²) in [7, 11) is 0. The van der Waals surface area contributed by atoms with Crippen molar-refractivity contribution in [2.45, 2.75) is 13.0 Å². The molecule has 4 nitrogen and oxygen atoms in total. The van der Waals surface area contributed by atoms with Crippen molar-refractivity contribution < 1.29 is 31.5 Å². The summed E-state index contributed by atoms with van der Waals surface area (Å²) in [5.41, 5.74) is -1.00.